The number of nitrogens with one attached hydrogen (secondary N) is 1. The van der Waals surface area contributed by atoms with E-state index >= 15 is 0 Å². The van der Waals surface area contributed by atoms with Crippen LogP contribution in [0, 0.1) is 5.92 Å². The van der Waals surface area contributed by atoms with E-state index in [1.807, 2.05) is 0 Å². The van der Waals surface area contributed by atoms with Crippen LogP contribution in [0.5, 0.6) is 0 Å². The van der Waals surface area contributed by atoms with Crippen LogP contribution in [0.3, 0.4) is 0 Å². The maximum Gasteiger partial charge on any atom is 0.00792 e. The molecule has 2 atom stereocenters. The second-order valence-corrected chi connectivity index (χ2v) is 4.68. The second kappa shape index (κ2) is 7.20. The number of nitrogens with two attached hydrogens (primary N) is 1. The van der Waals surface area contributed by atoms with Gasteiger partial charge in [-0.15, -0.1) is 0 Å². The molecule has 0 aliphatic carbocycles. The molecule has 1 rings (SSSR count). The summed E-state index contributed by atoms with van der Waals surface area (Å²) in [6.45, 7) is 10.2. The molecule has 0 radical (unpaired) electrons. The minimum Gasteiger partial charge on any atom is -0.330 e. The second-order valence-electron chi connectivity index (χ2n) is 4.68. The Labute approximate surface area is 94.4 Å². The van der Waals surface area contributed by atoms with Crippen molar-refractivity contribution in [3.8, 4) is 0 Å². The van der Waals surface area contributed by atoms with Crippen molar-refractivity contribution in [2.45, 2.75) is 39.2 Å². The van der Waals surface area contributed by atoms with Crippen LogP contribution >= 0.6 is 0 Å². The third-order valence-corrected chi connectivity index (χ3v) is 3.54. The van der Waals surface area contributed by atoms with Crippen LogP contribution in [0.1, 0.15) is 33.1 Å². The van der Waals surface area contributed by atoms with E-state index in [4.69, 9.17) is 5.73 Å². The summed E-state index contributed by atoms with van der Waals surface area (Å²) in [5.74, 6) is 0.830. The molecule has 90 valence electrons. The molecule has 3 nitrogen and oxygen atoms in total. The first-order chi connectivity index (χ1) is 7.27. The highest BCUT2D eigenvalue weighted by atomic mass is 15.1. The topological polar surface area (TPSA) is 41.3 Å². The Morgan fingerprint density at radius 2 is 2.33 bits per heavy atom. The van der Waals surface area contributed by atoms with Crippen LogP contribution in [0.15, 0.2) is 0 Å². The molecule has 0 spiro atoms. The van der Waals surface area contributed by atoms with Gasteiger partial charge >= 0.3 is 0 Å². The van der Waals surface area contributed by atoms with Gasteiger partial charge in [0.25, 0.3) is 0 Å². The van der Waals surface area contributed by atoms with Gasteiger partial charge in [-0.2, -0.15) is 0 Å². The third-order valence-electron chi connectivity index (χ3n) is 3.54. The molecule has 3 heteroatoms. The molecule has 1 aliphatic rings. The summed E-state index contributed by atoms with van der Waals surface area (Å²) in [7, 11) is 0. The lowest BCUT2D eigenvalue weighted by Gasteiger charge is -2.35. The Balaban J connectivity index is 2.22. The molecule has 0 bridgehead atoms. The summed E-state index contributed by atoms with van der Waals surface area (Å²) in [4.78, 5) is 2.56. The molecule has 1 aliphatic heterocycles. The Bertz CT molecular complexity index is 161. The maximum absolute atomic E-state index is 5.49. The molecule has 15 heavy (non-hydrogen) atoms. The number of rotatable bonds is 6. The fraction of sp³-hybridized carbons (Fsp3) is 1.00. The molecule has 0 aromatic carbocycles. The molecule has 1 heterocycles. The van der Waals surface area contributed by atoms with Gasteiger partial charge < -0.3 is 16.0 Å². The van der Waals surface area contributed by atoms with E-state index in [1.165, 1.54) is 32.5 Å². The molecule has 1 fully saturated rings. The molecule has 0 amide bonds. The van der Waals surface area contributed by atoms with Gasteiger partial charge in [0, 0.05) is 12.6 Å². The van der Waals surface area contributed by atoms with E-state index in [-0.39, 0.29) is 0 Å². The largest absolute Gasteiger partial charge is 0.330 e. The van der Waals surface area contributed by atoms with Crippen molar-refractivity contribution in [1.82, 2.24) is 10.2 Å². The molecule has 3 N–H and O–H groups in total. The fourth-order valence-corrected chi connectivity index (χ4v) is 2.39. The third kappa shape index (κ3) is 4.49. The average Bonchev–Trinajstić information content (AvgIpc) is 2.29. The summed E-state index contributed by atoms with van der Waals surface area (Å²) in [6, 6.07) is 0.644. The zero-order chi connectivity index (χ0) is 11.1. The number of piperidine rings is 1. The van der Waals surface area contributed by atoms with E-state index in [9.17, 15) is 0 Å². The zero-order valence-corrected chi connectivity index (χ0v) is 10.3. The van der Waals surface area contributed by atoms with Crippen LogP contribution in [0.4, 0.5) is 0 Å². The van der Waals surface area contributed by atoms with Crippen molar-refractivity contribution in [3.63, 3.8) is 0 Å². The first-order valence-electron chi connectivity index (χ1n) is 6.43. The number of likely N-dealkylation sites (tertiary alicyclic amines) is 1. The lowest BCUT2D eigenvalue weighted by Crippen LogP contribution is -2.44. The summed E-state index contributed by atoms with van der Waals surface area (Å²) < 4.78 is 0. The van der Waals surface area contributed by atoms with E-state index < -0.39 is 0 Å². The highest BCUT2D eigenvalue weighted by Crippen LogP contribution is 2.19. The van der Waals surface area contributed by atoms with Gasteiger partial charge in [-0.25, -0.2) is 0 Å². The standard InChI is InChI=1S/C12H27N3/c1-3-15-9-4-6-12(10-15)11(2)14-8-5-7-13/h11-12,14H,3-10,13H2,1-2H3. The monoisotopic (exact) mass is 213 g/mol. The Morgan fingerprint density at radius 1 is 1.53 bits per heavy atom. The van der Waals surface area contributed by atoms with E-state index in [0.717, 1.165) is 25.4 Å². The van der Waals surface area contributed by atoms with Crippen LogP contribution in [-0.2, 0) is 0 Å². The predicted molar refractivity (Wildman–Crippen MR) is 66.0 cm³/mol. The smallest absolute Gasteiger partial charge is 0.00792 e. The van der Waals surface area contributed by atoms with Crippen molar-refractivity contribution in [2.75, 3.05) is 32.7 Å². The SMILES string of the molecule is CCN1CCCC(C(C)NCCCN)C1. The van der Waals surface area contributed by atoms with E-state index in [2.05, 4.69) is 24.1 Å². The van der Waals surface area contributed by atoms with E-state index in [0.29, 0.717) is 6.04 Å². The van der Waals surface area contributed by atoms with Gasteiger partial charge in [0.05, 0.1) is 0 Å². The zero-order valence-electron chi connectivity index (χ0n) is 10.3. The number of hydrogen-bond donors (Lipinski definition) is 2. The molecular weight excluding hydrogens is 186 g/mol. The fourth-order valence-electron chi connectivity index (χ4n) is 2.39. The van der Waals surface area contributed by atoms with Crippen LogP contribution < -0.4 is 11.1 Å². The first-order valence-corrected chi connectivity index (χ1v) is 6.43. The quantitative estimate of drug-likeness (QED) is 0.648. The van der Waals surface area contributed by atoms with Crippen molar-refractivity contribution >= 4 is 0 Å². The minimum absolute atomic E-state index is 0.644. The van der Waals surface area contributed by atoms with Crippen LogP contribution in [0.25, 0.3) is 0 Å². The number of nitrogens with zero attached hydrogens (tertiary/aromatic N) is 1. The predicted octanol–water partition coefficient (Wildman–Crippen LogP) is 1.05. The maximum atomic E-state index is 5.49. The van der Waals surface area contributed by atoms with Crippen molar-refractivity contribution in [2.24, 2.45) is 11.7 Å². The lowest BCUT2D eigenvalue weighted by atomic mass is 9.91. The van der Waals surface area contributed by atoms with Gasteiger partial charge in [-0.1, -0.05) is 6.92 Å². The van der Waals surface area contributed by atoms with Crippen LogP contribution in [-0.4, -0.2) is 43.7 Å². The van der Waals surface area contributed by atoms with Gasteiger partial charge in [0.1, 0.15) is 0 Å². The van der Waals surface area contributed by atoms with Crippen molar-refractivity contribution < 1.29 is 0 Å². The number of hydrogen-bond acceptors (Lipinski definition) is 3. The minimum atomic E-state index is 0.644. The Hall–Kier alpha value is -0.120. The summed E-state index contributed by atoms with van der Waals surface area (Å²) in [5, 5.41) is 3.59. The van der Waals surface area contributed by atoms with Gasteiger partial charge in [-0.05, 0) is 58.3 Å². The van der Waals surface area contributed by atoms with Crippen LogP contribution in [0.2, 0.25) is 0 Å². The highest BCUT2D eigenvalue weighted by Gasteiger charge is 2.23. The molecule has 1 saturated heterocycles. The van der Waals surface area contributed by atoms with Crippen molar-refractivity contribution in [1.29, 1.82) is 0 Å². The Kier molecular flexibility index (Phi) is 6.22. The molecule has 0 saturated carbocycles. The summed E-state index contributed by atoms with van der Waals surface area (Å²) in [6.07, 6.45) is 3.84. The molecular formula is C12H27N3. The normalized spacial score (nSPS) is 25.4. The molecule has 2 unspecified atom stereocenters. The summed E-state index contributed by atoms with van der Waals surface area (Å²) >= 11 is 0. The van der Waals surface area contributed by atoms with E-state index in [1.54, 1.807) is 0 Å². The van der Waals surface area contributed by atoms with Gasteiger partial charge in [0.15, 0.2) is 0 Å². The van der Waals surface area contributed by atoms with Crippen molar-refractivity contribution in [3.05, 3.63) is 0 Å². The Morgan fingerprint density at radius 3 is 3.00 bits per heavy atom. The highest BCUT2D eigenvalue weighted by molar-refractivity contribution is 4.79. The molecule has 0 aromatic rings. The first kappa shape index (κ1) is 12.9. The summed E-state index contributed by atoms with van der Waals surface area (Å²) in [5.41, 5.74) is 5.49. The lowest BCUT2D eigenvalue weighted by molar-refractivity contribution is 0.157. The average molecular weight is 213 g/mol. The van der Waals surface area contributed by atoms with Gasteiger partial charge in [0.2, 0.25) is 0 Å². The molecule has 0 aromatic heterocycles. The van der Waals surface area contributed by atoms with Gasteiger partial charge in [-0.3, -0.25) is 0 Å².